The fourth-order valence-electron chi connectivity index (χ4n) is 6.04. The maximum atomic E-state index is 6.55. The van der Waals surface area contributed by atoms with E-state index in [-0.39, 0.29) is 6.71 Å². The van der Waals surface area contributed by atoms with Crippen LogP contribution < -0.4 is 25.9 Å². The van der Waals surface area contributed by atoms with Gasteiger partial charge in [0.05, 0.1) is 16.7 Å². The van der Waals surface area contributed by atoms with Gasteiger partial charge < -0.3 is 14.0 Å². The van der Waals surface area contributed by atoms with Crippen LogP contribution in [0.5, 0.6) is 23.0 Å². The highest BCUT2D eigenvalue weighted by Gasteiger charge is 2.40. The maximum Gasteiger partial charge on any atom is 0.260 e. The summed E-state index contributed by atoms with van der Waals surface area (Å²) in [5.74, 6) is 3.52. The number of hydrogen-bond acceptors (Lipinski definition) is 2. The molecule has 0 unspecified atom stereocenters. The molecule has 0 aliphatic carbocycles. The Bertz CT molecular complexity index is 1750. The average molecular weight is 463 g/mol. The highest BCUT2D eigenvalue weighted by atomic mass is 16.5. The van der Waals surface area contributed by atoms with Gasteiger partial charge in [0.2, 0.25) is 0 Å². The third kappa shape index (κ3) is 2.64. The van der Waals surface area contributed by atoms with Gasteiger partial charge in [-0.2, -0.15) is 0 Å². The average Bonchev–Trinajstić information content (AvgIpc) is 3.21. The van der Waals surface area contributed by atoms with Gasteiger partial charge in [0.1, 0.15) is 23.0 Å². The molecule has 0 radical (unpaired) electrons. The molecule has 2 aliphatic rings. The van der Waals surface area contributed by atoms with Crippen molar-refractivity contribution >= 4 is 44.9 Å². The summed E-state index contributed by atoms with van der Waals surface area (Å²) >= 11 is 0. The molecular formula is C32H22BNO2. The van der Waals surface area contributed by atoms with Gasteiger partial charge in [-0.1, -0.05) is 59.7 Å². The van der Waals surface area contributed by atoms with Gasteiger partial charge >= 0.3 is 0 Å². The molecule has 0 saturated carbocycles. The molecule has 0 atom stereocenters. The van der Waals surface area contributed by atoms with E-state index in [1.807, 2.05) is 12.1 Å². The minimum atomic E-state index is 0.0856. The van der Waals surface area contributed by atoms with Gasteiger partial charge in [-0.25, -0.2) is 0 Å². The molecular weight excluding hydrogens is 441 g/mol. The number of rotatable bonds is 1. The smallest absolute Gasteiger partial charge is 0.260 e. The lowest BCUT2D eigenvalue weighted by molar-refractivity contribution is 0.464. The molecule has 1 aromatic heterocycles. The SMILES string of the molecule is Cc1ccc2c(c1)c1cc(C)ccc1n2-c1cc2c3c(c1)Oc1ccccc1B3c1ccccc1O2. The van der Waals surface area contributed by atoms with E-state index in [4.69, 9.17) is 9.47 Å². The van der Waals surface area contributed by atoms with Crippen LogP contribution in [0.15, 0.2) is 97.1 Å². The summed E-state index contributed by atoms with van der Waals surface area (Å²) < 4.78 is 15.4. The van der Waals surface area contributed by atoms with Crippen molar-refractivity contribution in [2.24, 2.45) is 0 Å². The Kier molecular flexibility index (Phi) is 3.88. The maximum absolute atomic E-state index is 6.55. The highest BCUT2D eigenvalue weighted by Crippen LogP contribution is 2.39. The van der Waals surface area contributed by atoms with E-state index in [1.165, 1.54) is 43.9 Å². The topological polar surface area (TPSA) is 23.4 Å². The predicted molar refractivity (Wildman–Crippen MR) is 148 cm³/mol. The Balaban J connectivity index is 1.44. The Morgan fingerprint density at radius 2 is 1.06 bits per heavy atom. The molecule has 4 heteroatoms. The Morgan fingerprint density at radius 1 is 0.556 bits per heavy atom. The van der Waals surface area contributed by atoms with E-state index in [0.717, 1.165) is 34.1 Å². The lowest BCUT2D eigenvalue weighted by Gasteiger charge is -2.33. The summed E-state index contributed by atoms with van der Waals surface area (Å²) in [5, 5.41) is 2.52. The predicted octanol–water partition coefficient (Wildman–Crippen LogP) is 6.13. The van der Waals surface area contributed by atoms with Crippen LogP contribution in [0.2, 0.25) is 0 Å². The number of ether oxygens (including phenoxy) is 2. The number of para-hydroxylation sites is 2. The van der Waals surface area contributed by atoms with Crippen molar-refractivity contribution in [2.45, 2.75) is 13.8 Å². The highest BCUT2D eigenvalue weighted by molar-refractivity contribution is 6.98. The minimum absolute atomic E-state index is 0.0856. The van der Waals surface area contributed by atoms with E-state index in [1.54, 1.807) is 0 Å². The first-order valence-electron chi connectivity index (χ1n) is 12.4. The zero-order chi connectivity index (χ0) is 24.0. The monoisotopic (exact) mass is 463 g/mol. The molecule has 36 heavy (non-hydrogen) atoms. The minimum Gasteiger partial charge on any atom is -0.458 e. The molecule has 0 bridgehead atoms. The number of hydrogen-bond donors (Lipinski definition) is 0. The second-order valence-corrected chi connectivity index (χ2v) is 9.95. The summed E-state index contributed by atoms with van der Waals surface area (Å²) in [7, 11) is 0. The third-order valence-electron chi connectivity index (χ3n) is 7.61. The lowest BCUT2D eigenvalue weighted by atomic mass is 9.35. The van der Waals surface area contributed by atoms with Gasteiger partial charge in [0.25, 0.3) is 6.71 Å². The molecule has 2 aliphatic heterocycles. The second kappa shape index (κ2) is 7.05. The zero-order valence-corrected chi connectivity index (χ0v) is 20.1. The third-order valence-corrected chi connectivity index (χ3v) is 7.61. The molecule has 0 amide bonds. The quantitative estimate of drug-likeness (QED) is 0.274. The van der Waals surface area contributed by atoms with Crippen LogP contribution in [0.1, 0.15) is 11.1 Å². The van der Waals surface area contributed by atoms with Gasteiger partial charge in [-0.3, -0.25) is 0 Å². The van der Waals surface area contributed by atoms with Crippen LogP contribution in [0, 0.1) is 13.8 Å². The first kappa shape index (κ1) is 19.8. The van der Waals surface area contributed by atoms with Gasteiger partial charge in [0, 0.05) is 28.4 Å². The Morgan fingerprint density at radius 3 is 1.58 bits per heavy atom. The normalized spacial score (nSPS) is 13.1. The molecule has 0 fully saturated rings. The second-order valence-electron chi connectivity index (χ2n) is 9.95. The van der Waals surface area contributed by atoms with Gasteiger partial charge in [0.15, 0.2) is 0 Å². The lowest BCUT2D eigenvalue weighted by Crippen LogP contribution is -2.57. The van der Waals surface area contributed by atoms with Crippen molar-refractivity contribution < 1.29 is 9.47 Å². The first-order valence-corrected chi connectivity index (χ1v) is 12.4. The number of benzene rings is 5. The summed E-state index contributed by atoms with van der Waals surface area (Å²) in [6.45, 7) is 4.39. The van der Waals surface area contributed by atoms with Crippen molar-refractivity contribution in [2.75, 3.05) is 0 Å². The van der Waals surface area contributed by atoms with E-state index in [9.17, 15) is 0 Å². The van der Waals surface area contributed by atoms with E-state index in [0.29, 0.717) is 0 Å². The van der Waals surface area contributed by atoms with Crippen molar-refractivity contribution in [3.8, 4) is 28.7 Å². The summed E-state index contributed by atoms with van der Waals surface area (Å²) in [6.07, 6.45) is 0. The van der Waals surface area contributed by atoms with Gasteiger partial charge in [-0.15, -0.1) is 0 Å². The number of fused-ring (bicyclic) bond motifs is 7. The van der Waals surface area contributed by atoms with Crippen LogP contribution in [-0.2, 0) is 0 Å². The van der Waals surface area contributed by atoms with E-state index < -0.39 is 0 Å². The summed E-state index contributed by atoms with van der Waals surface area (Å²) in [6, 6.07) is 34.4. The van der Waals surface area contributed by atoms with Crippen LogP contribution in [0.25, 0.3) is 27.5 Å². The fourth-order valence-corrected chi connectivity index (χ4v) is 6.04. The molecule has 0 saturated heterocycles. The Labute approximate surface area is 209 Å². The molecule has 170 valence electrons. The molecule has 6 aromatic rings. The molecule has 5 aromatic carbocycles. The fraction of sp³-hybridized carbons (Fsp3) is 0.0625. The van der Waals surface area contributed by atoms with Crippen LogP contribution >= 0.6 is 0 Å². The van der Waals surface area contributed by atoms with Crippen molar-refractivity contribution in [1.82, 2.24) is 4.57 Å². The molecule has 0 spiro atoms. The van der Waals surface area contributed by atoms with Crippen LogP contribution in [0.3, 0.4) is 0 Å². The van der Waals surface area contributed by atoms with Crippen molar-refractivity contribution in [3.05, 3.63) is 108 Å². The standard InChI is InChI=1S/C32H22BNO2/c1-19-11-13-26-22(15-19)23-16-20(2)12-14-27(23)34(26)21-17-30-32-31(18-21)36-29-10-6-4-8-25(29)33(32)24-7-3-5-9-28(24)35-30/h3-18H,1-2H3. The summed E-state index contributed by atoms with van der Waals surface area (Å²) in [4.78, 5) is 0. The number of aryl methyl sites for hydroxylation is 2. The zero-order valence-electron chi connectivity index (χ0n) is 20.1. The summed E-state index contributed by atoms with van der Waals surface area (Å²) in [5.41, 5.74) is 9.36. The largest absolute Gasteiger partial charge is 0.458 e. The Hall–Kier alpha value is -4.44. The van der Waals surface area contributed by atoms with E-state index >= 15 is 0 Å². The van der Waals surface area contributed by atoms with Crippen molar-refractivity contribution in [1.29, 1.82) is 0 Å². The van der Waals surface area contributed by atoms with Crippen molar-refractivity contribution in [3.63, 3.8) is 0 Å². The molecule has 0 N–H and O–H groups in total. The van der Waals surface area contributed by atoms with Crippen LogP contribution in [0.4, 0.5) is 0 Å². The van der Waals surface area contributed by atoms with Crippen LogP contribution in [-0.4, -0.2) is 11.3 Å². The van der Waals surface area contributed by atoms with E-state index in [2.05, 4.69) is 103 Å². The molecule has 8 rings (SSSR count). The molecule has 3 nitrogen and oxygen atoms in total. The van der Waals surface area contributed by atoms with Gasteiger partial charge in [-0.05, 0) is 61.2 Å². The first-order chi connectivity index (χ1) is 17.7. The number of nitrogens with zero attached hydrogens (tertiary/aromatic N) is 1. The number of aromatic nitrogens is 1. The molecule has 3 heterocycles.